The Morgan fingerprint density at radius 2 is 1.95 bits per heavy atom. The summed E-state index contributed by atoms with van der Waals surface area (Å²) in [5, 5.41) is 8.67. The number of anilines is 1. The summed E-state index contributed by atoms with van der Waals surface area (Å²) >= 11 is 0. The highest BCUT2D eigenvalue weighted by atomic mass is 16.5. The first-order valence-electron chi connectivity index (χ1n) is 6.65. The zero-order valence-corrected chi connectivity index (χ0v) is 12.2. The molecule has 0 atom stereocenters. The van der Waals surface area contributed by atoms with Gasteiger partial charge in [-0.1, -0.05) is 30.3 Å². The number of hydrogen-bond donors (Lipinski definition) is 2. The molecular formula is C17H17NO4. The molecule has 0 saturated carbocycles. The lowest BCUT2D eigenvalue weighted by Crippen LogP contribution is -2.00. The van der Waals surface area contributed by atoms with Gasteiger partial charge in [0.25, 0.3) is 0 Å². The first kappa shape index (κ1) is 15.4. The first-order chi connectivity index (χ1) is 10.6. The van der Waals surface area contributed by atoms with Gasteiger partial charge in [0.2, 0.25) is 0 Å². The van der Waals surface area contributed by atoms with Crippen molar-refractivity contribution in [2.45, 2.75) is 6.61 Å². The Hall–Kier alpha value is -2.95. The van der Waals surface area contributed by atoms with Crippen molar-refractivity contribution in [1.29, 1.82) is 0 Å². The Morgan fingerprint density at radius 3 is 2.59 bits per heavy atom. The van der Waals surface area contributed by atoms with Crippen molar-refractivity contribution >= 4 is 17.7 Å². The van der Waals surface area contributed by atoms with E-state index in [0.29, 0.717) is 29.4 Å². The second-order valence-corrected chi connectivity index (χ2v) is 4.58. The average Bonchev–Trinajstić information content (AvgIpc) is 2.52. The molecule has 2 aromatic rings. The Bertz CT molecular complexity index is 681. The molecule has 0 fully saturated rings. The lowest BCUT2D eigenvalue weighted by atomic mass is 10.1. The van der Waals surface area contributed by atoms with E-state index in [1.165, 1.54) is 13.2 Å². The smallest absolute Gasteiger partial charge is 0.328 e. The third-order valence-corrected chi connectivity index (χ3v) is 3.01. The zero-order valence-electron chi connectivity index (χ0n) is 12.2. The first-order valence-corrected chi connectivity index (χ1v) is 6.65. The molecule has 0 radical (unpaired) electrons. The summed E-state index contributed by atoms with van der Waals surface area (Å²) in [5.74, 6) is -0.0331. The molecular weight excluding hydrogens is 282 g/mol. The van der Waals surface area contributed by atoms with E-state index in [1.807, 2.05) is 30.3 Å². The molecule has 5 heteroatoms. The minimum absolute atomic E-state index is 0.390. The molecule has 0 bridgehead atoms. The Balaban J connectivity index is 2.21. The third kappa shape index (κ3) is 4.02. The third-order valence-electron chi connectivity index (χ3n) is 3.01. The molecule has 2 aromatic carbocycles. The number of ether oxygens (including phenoxy) is 2. The van der Waals surface area contributed by atoms with Crippen molar-refractivity contribution in [1.82, 2.24) is 0 Å². The number of carbonyl (C=O) groups is 1. The SMILES string of the molecule is COc1cc(/C=C/C(=O)O)c(N)cc1OCc1ccccc1. The standard InChI is InChI=1S/C17H17NO4/c1-21-15-9-13(7-8-17(19)20)14(18)10-16(15)22-11-12-5-3-2-4-6-12/h2-10H,11,18H2,1H3,(H,19,20)/b8-7+. The van der Waals surface area contributed by atoms with Crippen LogP contribution in [0.1, 0.15) is 11.1 Å². The number of nitrogen functional groups attached to an aromatic ring is 1. The molecule has 0 heterocycles. The van der Waals surface area contributed by atoms with E-state index < -0.39 is 5.97 Å². The fourth-order valence-electron chi connectivity index (χ4n) is 1.90. The molecule has 0 unspecified atom stereocenters. The average molecular weight is 299 g/mol. The minimum Gasteiger partial charge on any atom is -0.493 e. The normalized spacial score (nSPS) is 10.6. The van der Waals surface area contributed by atoms with Crippen LogP contribution in [0.2, 0.25) is 0 Å². The largest absolute Gasteiger partial charge is 0.493 e. The zero-order chi connectivity index (χ0) is 15.9. The molecule has 2 rings (SSSR count). The lowest BCUT2D eigenvalue weighted by molar-refractivity contribution is -0.131. The number of carboxylic acids is 1. The number of carboxylic acid groups (broad SMARTS) is 1. The van der Waals surface area contributed by atoms with Crippen LogP contribution in [0, 0.1) is 0 Å². The fraction of sp³-hybridized carbons (Fsp3) is 0.118. The van der Waals surface area contributed by atoms with Gasteiger partial charge < -0.3 is 20.3 Å². The Labute approximate surface area is 128 Å². The van der Waals surface area contributed by atoms with Crippen LogP contribution in [0.25, 0.3) is 6.08 Å². The van der Waals surface area contributed by atoms with Crippen LogP contribution in [0.4, 0.5) is 5.69 Å². The second kappa shape index (κ2) is 7.17. The maximum Gasteiger partial charge on any atom is 0.328 e. The quantitative estimate of drug-likeness (QED) is 0.633. The Morgan fingerprint density at radius 1 is 1.23 bits per heavy atom. The summed E-state index contributed by atoms with van der Waals surface area (Å²) in [6.07, 6.45) is 2.44. The van der Waals surface area contributed by atoms with Gasteiger partial charge in [-0.15, -0.1) is 0 Å². The van der Waals surface area contributed by atoms with Gasteiger partial charge in [0.15, 0.2) is 11.5 Å². The van der Waals surface area contributed by atoms with Crippen LogP contribution in [0.3, 0.4) is 0 Å². The van der Waals surface area contributed by atoms with Crippen molar-refractivity contribution in [3.05, 3.63) is 59.7 Å². The monoisotopic (exact) mass is 299 g/mol. The molecule has 3 N–H and O–H groups in total. The molecule has 0 aromatic heterocycles. The molecule has 0 saturated heterocycles. The van der Waals surface area contributed by atoms with Gasteiger partial charge in [0.05, 0.1) is 7.11 Å². The molecule has 22 heavy (non-hydrogen) atoms. The molecule has 114 valence electrons. The molecule has 0 amide bonds. The fourth-order valence-corrected chi connectivity index (χ4v) is 1.90. The highest BCUT2D eigenvalue weighted by Gasteiger charge is 2.09. The van der Waals surface area contributed by atoms with Gasteiger partial charge in [-0.2, -0.15) is 0 Å². The van der Waals surface area contributed by atoms with Gasteiger partial charge in [-0.3, -0.25) is 0 Å². The van der Waals surface area contributed by atoms with Gasteiger partial charge >= 0.3 is 5.97 Å². The van der Waals surface area contributed by atoms with E-state index >= 15 is 0 Å². The number of methoxy groups -OCH3 is 1. The van der Waals surface area contributed by atoms with Crippen LogP contribution < -0.4 is 15.2 Å². The van der Waals surface area contributed by atoms with Crippen molar-refractivity contribution in [3.63, 3.8) is 0 Å². The summed E-state index contributed by atoms with van der Waals surface area (Å²) in [5.41, 5.74) is 7.93. The predicted molar refractivity (Wildman–Crippen MR) is 84.9 cm³/mol. The van der Waals surface area contributed by atoms with Gasteiger partial charge in [0.1, 0.15) is 6.61 Å². The summed E-state index contributed by atoms with van der Waals surface area (Å²) in [4.78, 5) is 10.6. The van der Waals surface area contributed by atoms with E-state index in [2.05, 4.69) is 0 Å². The number of benzene rings is 2. The summed E-state index contributed by atoms with van der Waals surface area (Å²) in [6.45, 7) is 0.390. The molecule has 0 spiro atoms. The van der Waals surface area contributed by atoms with E-state index in [1.54, 1.807) is 12.1 Å². The van der Waals surface area contributed by atoms with Gasteiger partial charge in [-0.25, -0.2) is 4.79 Å². The molecule has 0 aliphatic heterocycles. The van der Waals surface area contributed by atoms with Crippen molar-refractivity contribution in [3.8, 4) is 11.5 Å². The lowest BCUT2D eigenvalue weighted by Gasteiger charge is -2.13. The predicted octanol–water partition coefficient (Wildman–Crippen LogP) is 2.95. The molecule has 0 aliphatic carbocycles. The number of aliphatic carboxylic acids is 1. The number of hydrogen-bond acceptors (Lipinski definition) is 4. The minimum atomic E-state index is -1.04. The number of nitrogens with two attached hydrogens (primary N) is 1. The maximum atomic E-state index is 10.6. The van der Waals surface area contributed by atoms with Crippen LogP contribution in [-0.2, 0) is 11.4 Å². The van der Waals surface area contributed by atoms with E-state index in [4.69, 9.17) is 20.3 Å². The van der Waals surface area contributed by atoms with E-state index in [9.17, 15) is 4.79 Å². The van der Waals surface area contributed by atoms with Crippen molar-refractivity contribution in [2.24, 2.45) is 0 Å². The topological polar surface area (TPSA) is 81.8 Å². The number of rotatable bonds is 6. The Kier molecular flexibility index (Phi) is 5.03. The van der Waals surface area contributed by atoms with Crippen molar-refractivity contribution < 1.29 is 19.4 Å². The van der Waals surface area contributed by atoms with Crippen LogP contribution in [0.5, 0.6) is 11.5 Å². The van der Waals surface area contributed by atoms with Gasteiger partial charge in [0, 0.05) is 23.4 Å². The van der Waals surface area contributed by atoms with E-state index in [-0.39, 0.29) is 0 Å². The summed E-state index contributed by atoms with van der Waals surface area (Å²) in [6, 6.07) is 13.0. The molecule has 5 nitrogen and oxygen atoms in total. The summed E-state index contributed by atoms with van der Waals surface area (Å²) < 4.78 is 11.0. The molecule has 0 aliphatic rings. The van der Waals surface area contributed by atoms with E-state index in [0.717, 1.165) is 11.6 Å². The highest BCUT2D eigenvalue weighted by molar-refractivity contribution is 5.87. The summed E-state index contributed by atoms with van der Waals surface area (Å²) in [7, 11) is 1.52. The van der Waals surface area contributed by atoms with Crippen LogP contribution in [-0.4, -0.2) is 18.2 Å². The van der Waals surface area contributed by atoms with Gasteiger partial charge in [-0.05, 0) is 17.7 Å². The highest BCUT2D eigenvalue weighted by Crippen LogP contribution is 2.33. The van der Waals surface area contributed by atoms with Crippen LogP contribution in [0.15, 0.2) is 48.5 Å². The maximum absolute atomic E-state index is 10.6. The van der Waals surface area contributed by atoms with Crippen molar-refractivity contribution in [2.75, 3.05) is 12.8 Å². The second-order valence-electron chi connectivity index (χ2n) is 4.58. The van der Waals surface area contributed by atoms with Crippen LogP contribution >= 0.6 is 0 Å².